The maximum Gasteiger partial charge on any atom is 0.237 e. The summed E-state index contributed by atoms with van der Waals surface area (Å²) in [5, 5.41) is 3.06. The number of fused-ring (bicyclic) bond motifs is 1. The molecule has 3 N–H and O–H groups in total. The Labute approximate surface area is 164 Å². The van der Waals surface area contributed by atoms with Gasteiger partial charge in [-0.15, -0.1) is 24.8 Å². The zero-order valence-electron chi connectivity index (χ0n) is 15.7. The Morgan fingerprint density at radius 3 is 2.40 bits per heavy atom. The quantitative estimate of drug-likeness (QED) is 0.812. The number of rotatable bonds is 5. The summed E-state index contributed by atoms with van der Waals surface area (Å²) in [4.78, 5) is 14.7. The molecule has 0 spiro atoms. The monoisotopic (exact) mass is 389 g/mol. The highest BCUT2D eigenvalue weighted by Gasteiger charge is 2.28. The molecule has 144 valence electrons. The van der Waals surface area contributed by atoms with E-state index in [2.05, 4.69) is 41.4 Å². The molecule has 0 aromatic heterocycles. The first-order valence-corrected chi connectivity index (χ1v) is 8.67. The average Bonchev–Trinajstić information content (AvgIpc) is 2.53. The third-order valence-electron chi connectivity index (χ3n) is 4.88. The molecule has 1 aromatic rings. The highest BCUT2D eigenvalue weighted by molar-refractivity contribution is 5.85. The van der Waals surface area contributed by atoms with Gasteiger partial charge in [-0.1, -0.05) is 52.0 Å². The average molecular weight is 390 g/mol. The summed E-state index contributed by atoms with van der Waals surface area (Å²) in [6.45, 7) is 10.9. The van der Waals surface area contributed by atoms with Crippen LogP contribution in [0.2, 0.25) is 0 Å². The van der Waals surface area contributed by atoms with Gasteiger partial charge in [-0.3, -0.25) is 9.69 Å². The molecule has 0 bridgehead atoms. The van der Waals surface area contributed by atoms with Crippen LogP contribution in [-0.2, 0) is 17.8 Å². The van der Waals surface area contributed by atoms with Crippen molar-refractivity contribution in [1.82, 2.24) is 10.2 Å². The number of carbonyl (C=O) groups excluding carboxylic acids is 1. The van der Waals surface area contributed by atoms with Gasteiger partial charge in [0.2, 0.25) is 5.91 Å². The van der Waals surface area contributed by atoms with Gasteiger partial charge in [0.15, 0.2) is 0 Å². The summed E-state index contributed by atoms with van der Waals surface area (Å²) in [6.07, 6.45) is 2.11. The van der Waals surface area contributed by atoms with Crippen LogP contribution in [0, 0.1) is 5.41 Å². The molecule has 2 atom stereocenters. The molecule has 2 rings (SSSR count). The number of carbonyl (C=O) groups is 1. The topological polar surface area (TPSA) is 58.4 Å². The third-order valence-corrected chi connectivity index (χ3v) is 4.88. The minimum Gasteiger partial charge on any atom is -0.353 e. The Balaban J connectivity index is 0.00000288. The van der Waals surface area contributed by atoms with E-state index in [0.717, 1.165) is 25.9 Å². The van der Waals surface area contributed by atoms with E-state index in [1.54, 1.807) is 0 Å². The molecule has 4 nitrogen and oxygen atoms in total. The number of benzene rings is 1. The van der Waals surface area contributed by atoms with Gasteiger partial charge in [-0.05, 0) is 29.4 Å². The fraction of sp³-hybridized carbons (Fsp3) is 0.632. The van der Waals surface area contributed by atoms with Gasteiger partial charge in [0, 0.05) is 25.7 Å². The van der Waals surface area contributed by atoms with Crippen molar-refractivity contribution in [3.05, 3.63) is 35.4 Å². The van der Waals surface area contributed by atoms with E-state index in [0.29, 0.717) is 12.6 Å². The first kappa shape index (κ1) is 24.2. The maximum atomic E-state index is 12.2. The minimum atomic E-state index is -0.470. The van der Waals surface area contributed by atoms with E-state index in [4.69, 9.17) is 5.73 Å². The Morgan fingerprint density at radius 1 is 1.24 bits per heavy atom. The van der Waals surface area contributed by atoms with Crippen LogP contribution in [0.1, 0.15) is 45.2 Å². The van der Waals surface area contributed by atoms with Crippen molar-refractivity contribution in [3.8, 4) is 0 Å². The number of nitrogens with one attached hydrogen (secondary N) is 1. The lowest BCUT2D eigenvalue weighted by molar-refractivity contribution is -0.124. The van der Waals surface area contributed by atoms with Crippen LogP contribution in [0.25, 0.3) is 0 Å². The smallest absolute Gasteiger partial charge is 0.237 e. The van der Waals surface area contributed by atoms with E-state index in [9.17, 15) is 4.79 Å². The summed E-state index contributed by atoms with van der Waals surface area (Å²) in [7, 11) is 0. The van der Waals surface area contributed by atoms with Crippen molar-refractivity contribution < 1.29 is 4.79 Å². The van der Waals surface area contributed by atoms with Crippen LogP contribution >= 0.6 is 24.8 Å². The van der Waals surface area contributed by atoms with E-state index >= 15 is 0 Å². The van der Waals surface area contributed by atoms with Gasteiger partial charge in [-0.25, -0.2) is 0 Å². The van der Waals surface area contributed by atoms with Gasteiger partial charge in [0.05, 0.1) is 6.04 Å². The Bertz CT molecular complexity index is 546. The van der Waals surface area contributed by atoms with Crippen molar-refractivity contribution in [1.29, 1.82) is 0 Å². The normalized spacial score (nSPS) is 16.7. The van der Waals surface area contributed by atoms with Gasteiger partial charge < -0.3 is 11.1 Å². The van der Waals surface area contributed by atoms with Crippen LogP contribution < -0.4 is 11.1 Å². The number of hydrogen-bond donors (Lipinski definition) is 2. The fourth-order valence-corrected chi connectivity index (χ4v) is 3.08. The highest BCUT2D eigenvalue weighted by Crippen LogP contribution is 2.21. The fourth-order valence-electron chi connectivity index (χ4n) is 3.08. The zero-order valence-corrected chi connectivity index (χ0v) is 17.4. The molecular weight excluding hydrogens is 357 g/mol. The molecule has 1 aromatic carbocycles. The Hall–Kier alpha value is -0.810. The van der Waals surface area contributed by atoms with E-state index in [1.165, 1.54) is 11.1 Å². The van der Waals surface area contributed by atoms with Gasteiger partial charge in [-0.2, -0.15) is 0 Å². The maximum absolute atomic E-state index is 12.2. The predicted octanol–water partition coefficient (Wildman–Crippen LogP) is 3.16. The lowest BCUT2D eigenvalue weighted by atomic mass is 9.87. The lowest BCUT2D eigenvalue weighted by Crippen LogP contribution is -2.52. The minimum absolute atomic E-state index is 0. The molecule has 1 aliphatic heterocycles. The van der Waals surface area contributed by atoms with Gasteiger partial charge in [0.25, 0.3) is 0 Å². The molecule has 0 radical (unpaired) electrons. The molecule has 0 aliphatic carbocycles. The second-order valence-electron chi connectivity index (χ2n) is 7.64. The van der Waals surface area contributed by atoms with Crippen LogP contribution in [0.3, 0.4) is 0 Å². The molecule has 0 fully saturated rings. The highest BCUT2D eigenvalue weighted by atomic mass is 35.5. The third kappa shape index (κ3) is 6.45. The van der Waals surface area contributed by atoms with Gasteiger partial charge in [0.1, 0.15) is 0 Å². The summed E-state index contributed by atoms with van der Waals surface area (Å²) < 4.78 is 0. The van der Waals surface area contributed by atoms with Gasteiger partial charge >= 0.3 is 0 Å². The SMILES string of the molecule is CCC(CNC(=O)[C@@H](N)C(C)(C)C)N1CCc2ccccc2C1.Cl.Cl. The van der Waals surface area contributed by atoms with Crippen molar-refractivity contribution in [3.63, 3.8) is 0 Å². The summed E-state index contributed by atoms with van der Waals surface area (Å²) in [6, 6.07) is 8.54. The summed E-state index contributed by atoms with van der Waals surface area (Å²) >= 11 is 0. The van der Waals surface area contributed by atoms with E-state index < -0.39 is 6.04 Å². The molecule has 25 heavy (non-hydrogen) atoms. The second kappa shape index (κ2) is 10.4. The number of nitrogens with zero attached hydrogens (tertiary/aromatic N) is 1. The largest absolute Gasteiger partial charge is 0.353 e. The molecule has 1 heterocycles. The van der Waals surface area contributed by atoms with Crippen LogP contribution in [-0.4, -0.2) is 36.0 Å². The molecule has 1 amide bonds. The van der Waals surface area contributed by atoms with E-state index in [-0.39, 0.29) is 36.1 Å². The predicted molar refractivity (Wildman–Crippen MR) is 110 cm³/mol. The molecule has 1 aliphatic rings. The first-order chi connectivity index (χ1) is 10.8. The lowest BCUT2D eigenvalue weighted by Gasteiger charge is -2.36. The Morgan fingerprint density at radius 2 is 1.84 bits per heavy atom. The van der Waals surface area contributed by atoms with Crippen molar-refractivity contribution in [2.45, 2.75) is 59.2 Å². The number of amides is 1. The molecule has 0 saturated carbocycles. The molecule has 1 unspecified atom stereocenters. The number of halogens is 2. The summed E-state index contributed by atoms with van der Waals surface area (Å²) in [5.74, 6) is -0.0478. The van der Waals surface area contributed by atoms with Crippen molar-refractivity contribution in [2.75, 3.05) is 13.1 Å². The molecule has 6 heteroatoms. The molecule has 0 saturated heterocycles. The standard InChI is InChI=1S/C19H31N3O.2ClH/c1-5-16(12-21-18(23)17(20)19(2,3)4)22-11-10-14-8-6-7-9-15(14)13-22;;/h6-9,16-17H,5,10-13,20H2,1-4H3,(H,21,23);2*1H/t16?,17-;;/m1../s1. The zero-order chi connectivity index (χ0) is 17.0. The first-order valence-electron chi connectivity index (χ1n) is 8.67. The number of nitrogens with two attached hydrogens (primary N) is 1. The van der Waals surface area contributed by atoms with Crippen LogP contribution in [0.5, 0.6) is 0 Å². The summed E-state index contributed by atoms with van der Waals surface area (Å²) in [5.41, 5.74) is 8.69. The second-order valence-corrected chi connectivity index (χ2v) is 7.64. The van der Waals surface area contributed by atoms with E-state index in [1.807, 2.05) is 20.8 Å². The van der Waals surface area contributed by atoms with Crippen molar-refractivity contribution in [2.24, 2.45) is 11.1 Å². The Kier molecular flexibility index (Phi) is 10.0. The number of hydrogen-bond acceptors (Lipinski definition) is 3. The van der Waals surface area contributed by atoms with Crippen molar-refractivity contribution >= 4 is 30.7 Å². The van der Waals surface area contributed by atoms with Crippen LogP contribution in [0.4, 0.5) is 0 Å². The molecular formula is C19H33Cl2N3O. The van der Waals surface area contributed by atoms with Crippen LogP contribution in [0.15, 0.2) is 24.3 Å².